The molecule has 0 aromatic heterocycles. The maximum Gasteiger partial charge on any atom is 0.330 e. The first-order chi connectivity index (χ1) is 27.4. The van der Waals surface area contributed by atoms with Crippen molar-refractivity contribution in [3.8, 4) is 11.5 Å². The highest BCUT2D eigenvalue weighted by molar-refractivity contribution is 6.38. The highest BCUT2D eigenvalue weighted by atomic mass is 16.5. The number of fused-ring (bicyclic) bond motifs is 10. The molecule has 5 amide bonds. The summed E-state index contributed by atoms with van der Waals surface area (Å²) in [6, 6.07) is 17.7. The van der Waals surface area contributed by atoms with Crippen LogP contribution in [-0.2, 0) is 46.4 Å². The van der Waals surface area contributed by atoms with Gasteiger partial charge in [0.1, 0.15) is 23.6 Å². The highest BCUT2D eigenvalue weighted by Crippen LogP contribution is 2.28. The van der Waals surface area contributed by atoms with Crippen LogP contribution < -0.4 is 31.3 Å². The fourth-order valence-electron chi connectivity index (χ4n) is 7.26. The zero-order valence-corrected chi connectivity index (χ0v) is 32.3. The Balaban J connectivity index is 1.35. The average molecular weight is 782 g/mol. The van der Waals surface area contributed by atoms with E-state index in [0.717, 1.165) is 37.7 Å². The van der Waals surface area contributed by atoms with E-state index in [9.17, 15) is 38.7 Å². The van der Waals surface area contributed by atoms with Crippen molar-refractivity contribution >= 4 is 41.3 Å². The number of ether oxygens (including phenoxy) is 1. The molecule has 3 aromatic carbocycles. The summed E-state index contributed by atoms with van der Waals surface area (Å²) in [4.78, 5) is 93.0. The standard InChI is InChI=1S/C43H51N5O9/c1-3-11-33(38(50)42(54)44-25-35(49)47-37(43(55)56)30-15-8-5-9-16-30)45-40(52)34-24-28-12-10-17-32(23-28)57-31-20-18-27(19-21-31)22-26(2)39(51)48-36(41(53)46-34)29-13-6-4-7-14-29/h5,8-10,12,15-21,23,26,29,33-34,36-37H,3-4,6-7,11,13-14,22,24-25H2,1-2H3,(H,44,54)(H,45,52)(H,46,53)(H,47,49)(H,48,51)(H,55,56). The number of benzene rings is 3. The maximum atomic E-state index is 14.2. The molecule has 0 saturated heterocycles. The molecule has 4 bridgehead atoms. The topological polar surface area (TPSA) is 209 Å². The zero-order valence-electron chi connectivity index (χ0n) is 32.3. The minimum Gasteiger partial charge on any atom is -0.479 e. The van der Waals surface area contributed by atoms with Crippen LogP contribution in [0.2, 0.25) is 0 Å². The van der Waals surface area contributed by atoms with Crippen molar-refractivity contribution in [2.24, 2.45) is 11.8 Å². The summed E-state index contributed by atoms with van der Waals surface area (Å²) < 4.78 is 6.09. The van der Waals surface area contributed by atoms with Gasteiger partial charge in [-0.2, -0.15) is 0 Å². The van der Waals surface area contributed by atoms with E-state index in [4.69, 9.17) is 4.74 Å². The Bertz CT molecular complexity index is 1910. The van der Waals surface area contributed by atoms with Gasteiger partial charge in [-0.05, 0) is 72.6 Å². The molecule has 57 heavy (non-hydrogen) atoms. The van der Waals surface area contributed by atoms with E-state index >= 15 is 0 Å². The molecule has 1 aliphatic carbocycles. The fraction of sp³-hybridized carbons (Fsp3) is 0.419. The van der Waals surface area contributed by atoms with Crippen molar-refractivity contribution < 1.29 is 43.4 Å². The predicted molar refractivity (Wildman–Crippen MR) is 210 cm³/mol. The molecule has 3 aromatic rings. The maximum absolute atomic E-state index is 14.2. The summed E-state index contributed by atoms with van der Waals surface area (Å²) in [5.41, 5.74) is 1.89. The van der Waals surface area contributed by atoms with Crippen LogP contribution in [0.3, 0.4) is 0 Å². The Kier molecular flexibility index (Phi) is 14.9. The van der Waals surface area contributed by atoms with Crippen LogP contribution in [0.15, 0.2) is 78.9 Å². The van der Waals surface area contributed by atoms with Crippen LogP contribution in [0.4, 0.5) is 0 Å². The molecule has 5 atom stereocenters. The van der Waals surface area contributed by atoms with Crippen molar-refractivity contribution in [3.05, 3.63) is 95.6 Å². The number of nitrogens with one attached hydrogen (secondary N) is 5. The van der Waals surface area contributed by atoms with Gasteiger partial charge in [0.05, 0.1) is 12.6 Å². The van der Waals surface area contributed by atoms with Gasteiger partial charge in [-0.3, -0.25) is 28.8 Å². The van der Waals surface area contributed by atoms with Gasteiger partial charge < -0.3 is 36.4 Å². The minimum absolute atomic E-state index is 0.0129. The molecule has 302 valence electrons. The van der Waals surface area contributed by atoms with Gasteiger partial charge in [-0.25, -0.2) is 4.79 Å². The molecule has 14 nitrogen and oxygen atoms in total. The largest absolute Gasteiger partial charge is 0.479 e. The number of Topliss-reactive ketones (excluding diaryl/α,β-unsaturated/α-hetero) is 1. The number of amides is 5. The number of hydrogen-bond donors (Lipinski definition) is 6. The number of rotatable bonds is 12. The number of carbonyl (C=O) groups excluding carboxylic acids is 6. The van der Waals surface area contributed by atoms with Crippen LogP contribution >= 0.6 is 0 Å². The van der Waals surface area contributed by atoms with Gasteiger partial charge in [0.2, 0.25) is 29.4 Å². The second kappa shape index (κ2) is 20.2. The second-order valence-electron chi connectivity index (χ2n) is 14.8. The third-order valence-corrected chi connectivity index (χ3v) is 10.4. The molecule has 0 radical (unpaired) electrons. The number of carboxylic acids is 1. The Labute approximate surface area is 331 Å². The normalized spacial score (nSPS) is 20.0. The summed E-state index contributed by atoms with van der Waals surface area (Å²) in [6.07, 6.45) is 5.18. The molecule has 2 aliphatic heterocycles. The molecule has 6 N–H and O–H groups in total. The SMILES string of the molecule is CCCC(NC(=O)C1Cc2cccc(c2)Oc2ccc(cc2)CC(C)C(=O)NC(C2CCCCC2)C(=O)N1)C(=O)C(=O)NCC(=O)NC(C(=O)O)c1ccccc1. The fourth-order valence-corrected chi connectivity index (χ4v) is 7.26. The van der Waals surface area contributed by atoms with E-state index < -0.39 is 72.0 Å². The van der Waals surface area contributed by atoms with Crippen molar-refractivity contribution in [2.75, 3.05) is 6.54 Å². The number of aliphatic carboxylic acids is 1. The van der Waals surface area contributed by atoms with Gasteiger partial charge in [-0.15, -0.1) is 0 Å². The van der Waals surface area contributed by atoms with Crippen LogP contribution in [0.1, 0.15) is 81.5 Å². The molecule has 5 unspecified atom stereocenters. The lowest BCUT2D eigenvalue weighted by atomic mass is 9.83. The first-order valence-electron chi connectivity index (χ1n) is 19.6. The van der Waals surface area contributed by atoms with Gasteiger partial charge in [-0.1, -0.05) is 94.1 Å². The van der Waals surface area contributed by atoms with Crippen molar-refractivity contribution in [1.29, 1.82) is 0 Å². The zero-order chi connectivity index (χ0) is 40.9. The third-order valence-electron chi connectivity index (χ3n) is 10.4. The van der Waals surface area contributed by atoms with Gasteiger partial charge >= 0.3 is 5.97 Å². The molecular formula is C43H51N5O9. The average Bonchev–Trinajstić information content (AvgIpc) is 3.21. The number of carbonyl (C=O) groups is 7. The Morgan fingerprint density at radius 2 is 1.53 bits per heavy atom. The molecule has 1 saturated carbocycles. The lowest BCUT2D eigenvalue weighted by Crippen LogP contribution is -2.59. The van der Waals surface area contributed by atoms with E-state index in [2.05, 4.69) is 26.6 Å². The van der Waals surface area contributed by atoms with Crippen LogP contribution in [0.25, 0.3) is 0 Å². The van der Waals surface area contributed by atoms with Crippen LogP contribution in [-0.4, -0.2) is 71.1 Å². The lowest BCUT2D eigenvalue weighted by Gasteiger charge is -2.32. The molecule has 0 spiro atoms. The Morgan fingerprint density at radius 3 is 2.21 bits per heavy atom. The van der Waals surface area contributed by atoms with Crippen molar-refractivity contribution in [1.82, 2.24) is 26.6 Å². The first-order valence-corrected chi connectivity index (χ1v) is 19.6. The first kappa shape index (κ1) is 42.1. The monoisotopic (exact) mass is 781 g/mol. The van der Waals surface area contributed by atoms with E-state index in [1.165, 1.54) is 12.1 Å². The van der Waals surface area contributed by atoms with E-state index in [-0.39, 0.29) is 24.7 Å². The Morgan fingerprint density at radius 1 is 0.807 bits per heavy atom. The summed E-state index contributed by atoms with van der Waals surface area (Å²) in [7, 11) is 0. The summed E-state index contributed by atoms with van der Waals surface area (Å²) in [6.45, 7) is 2.87. The quantitative estimate of drug-likeness (QED) is 0.148. The molecule has 1 fully saturated rings. The second-order valence-corrected chi connectivity index (χ2v) is 14.8. The molecule has 3 aliphatic rings. The molecule has 6 rings (SSSR count). The van der Waals surface area contributed by atoms with Crippen LogP contribution in [0, 0.1) is 11.8 Å². The van der Waals surface area contributed by atoms with Crippen molar-refractivity contribution in [3.63, 3.8) is 0 Å². The number of hydrogen-bond acceptors (Lipinski definition) is 8. The molecule has 2 heterocycles. The summed E-state index contributed by atoms with van der Waals surface area (Å²) in [5.74, 6) is -5.40. The molecular weight excluding hydrogens is 730 g/mol. The van der Waals surface area contributed by atoms with Crippen molar-refractivity contribution in [2.45, 2.75) is 95.8 Å². The Hall–Kier alpha value is -6.05. The minimum atomic E-state index is -1.38. The summed E-state index contributed by atoms with van der Waals surface area (Å²) >= 11 is 0. The number of carboxylic acid groups (broad SMARTS) is 1. The summed E-state index contributed by atoms with van der Waals surface area (Å²) in [5, 5.41) is 22.7. The lowest BCUT2D eigenvalue weighted by molar-refractivity contribution is -0.142. The van der Waals surface area contributed by atoms with Gasteiger partial charge in [0.25, 0.3) is 5.91 Å². The van der Waals surface area contributed by atoms with Gasteiger partial charge in [0.15, 0.2) is 6.04 Å². The smallest absolute Gasteiger partial charge is 0.330 e. The van der Waals surface area contributed by atoms with E-state index in [1.54, 1.807) is 56.3 Å². The van der Waals surface area contributed by atoms with Gasteiger partial charge in [0, 0.05) is 12.3 Å². The van der Waals surface area contributed by atoms with Crippen LogP contribution in [0.5, 0.6) is 11.5 Å². The third kappa shape index (κ3) is 12.0. The van der Waals surface area contributed by atoms with E-state index in [1.807, 2.05) is 24.3 Å². The highest BCUT2D eigenvalue weighted by Gasteiger charge is 2.36. The van der Waals surface area contributed by atoms with E-state index in [0.29, 0.717) is 35.5 Å². The predicted octanol–water partition coefficient (Wildman–Crippen LogP) is 3.68. The molecule has 14 heteroatoms. The number of ketones is 1.